The number of aromatic nitrogens is 1. The molecule has 3 rings (SSSR count). The molecule has 1 fully saturated rings. The zero-order valence-corrected chi connectivity index (χ0v) is 25.0. The Balaban J connectivity index is 2.25. The fourth-order valence-corrected chi connectivity index (χ4v) is 6.00. The van der Waals surface area contributed by atoms with Crippen LogP contribution in [0, 0.1) is 11.8 Å². The van der Waals surface area contributed by atoms with Crippen LogP contribution in [0.2, 0.25) is 0 Å². The molecule has 0 saturated carbocycles. The maximum atomic E-state index is 14.4. The third kappa shape index (κ3) is 6.28. The second-order valence-electron chi connectivity index (χ2n) is 12.5. The van der Waals surface area contributed by atoms with E-state index in [1.807, 2.05) is 31.4 Å². The summed E-state index contributed by atoms with van der Waals surface area (Å²) in [6, 6.07) is 6.74. The van der Waals surface area contributed by atoms with Crippen LogP contribution in [0.25, 0.3) is 0 Å². The molecule has 0 aliphatic carbocycles. The molecule has 1 aromatic carbocycles. The Kier molecular flexibility index (Phi) is 8.76. The van der Waals surface area contributed by atoms with E-state index in [9.17, 15) is 14.4 Å². The highest BCUT2D eigenvalue weighted by Crippen LogP contribution is 2.52. The zero-order chi connectivity index (χ0) is 28.5. The van der Waals surface area contributed by atoms with Gasteiger partial charge in [0.05, 0.1) is 18.6 Å². The van der Waals surface area contributed by atoms with Crippen molar-refractivity contribution in [2.45, 2.75) is 97.8 Å². The molecule has 1 aliphatic heterocycles. The summed E-state index contributed by atoms with van der Waals surface area (Å²) in [6.45, 7) is 17.7. The molecule has 38 heavy (non-hydrogen) atoms. The molecule has 1 aromatic heterocycles. The van der Waals surface area contributed by atoms with Crippen LogP contribution >= 0.6 is 11.3 Å². The van der Waals surface area contributed by atoms with Gasteiger partial charge in [0.2, 0.25) is 0 Å². The topological polar surface area (TPSA) is 85.8 Å². The summed E-state index contributed by atoms with van der Waals surface area (Å²) >= 11 is 1.36. The Morgan fingerprint density at radius 1 is 1.11 bits per heavy atom. The van der Waals surface area contributed by atoms with Crippen LogP contribution in [0.3, 0.4) is 0 Å². The summed E-state index contributed by atoms with van der Waals surface area (Å²) < 4.78 is 11.4. The molecule has 0 unspecified atom stereocenters. The molecule has 2 aromatic rings. The molecular weight excluding hydrogens is 500 g/mol. The average Bonchev–Trinajstić information content (AvgIpc) is 3.43. The van der Waals surface area contributed by atoms with Crippen LogP contribution in [-0.4, -0.2) is 45.5 Å². The molecule has 3 atom stereocenters. The monoisotopic (exact) mass is 542 g/mol. The molecule has 0 N–H and O–H groups in total. The highest BCUT2D eigenvalue weighted by atomic mass is 32.1. The van der Waals surface area contributed by atoms with Crippen molar-refractivity contribution in [1.82, 2.24) is 9.88 Å². The minimum atomic E-state index is -1.37. The summed E-state index contributed by atoms with van der Waals surface area (Å²) in [7, 11) is 0. The van der Waals surface area contributed by atoms with E-state index in [1.54, 1.807) is 50.9 Å². The predicted octanol–water partition coefficient (Wildman–Crippen LogP) is 6.33. The molecule has 0 bridgehead atoms. The fourth-order valence-electron chi connectivity index (χ4n) is 5.21. The van der Waals surface area contributed by atoms with E-state index < -0.39 is 35.0 Å². The summed E-state index contributed by atoms with van der Waals surface area (Å²) in [6.07, 6.45) is 2.10. The Morgan fingerprint density at radius 2 is 1.74 bits per heavy atom. The van der Waals surface area contributed by atoms with Crippen molar-refractivity contribution in [3.8, 4) is 0 Å². The van der Waals surface area contributed by atoms with Gasteiger partial charge in [-0.25, -0.2) is 9.78 Å². The quantitative estimate of drug-likeness (QED) is 0.380. The average molecular weight is 543 g/mol. The first-order valence-electron chi connectivity index (χ1n) is 13.3. The molecule has 1 aliphatic rings. The minimum Gasteiger partial charge on any atom is -0.466 e. The van der Waals surface area contributed by atoms with Gasteiger partial charge in [0.1, 0.15) is 16.1 Å². The SMILES string of the molecule is CCOC(=O)[C@H]1C[C@@](CC(C)C)(C(=O)OC(C)(C)C)N(C(=O)c2ccc(C(C)(C)C)cc2)[C@H]1c1nccs1. The highest BCUT2D eigenvalue weighted by Gasteiger charge is 2.62. The van der Waals surface area contributed by atoms with Crippen molar-refractivity contribution in [3.05, 3.63) is 52.0 Å². The van der Waals surface area contributed by atoms with Gasteiger partial charge >= 0.3 is 11.9 Å². The standard InChI is InChI=1S/C30H42N2O5S/c1-10-36-26(34)22-18-30(17-19(2)3,27(35)37-29(7,8)9)32(23(22)24-31-15-16-38-24)25(33)20-11-13-21(14-12-20)28(4,5)6/h11-16,19,22-23H,10,17-18H2,1-9H3/t22-,23+,30-/m0/s1. The number of thiazole rings is 1. The van der Waals surface area contributed by atoms with Crippen molar-refractivity contribution >= 4 is 29.2 Å². The van der Waals surface area contributed by atoms with E-state index in [-0.39, 0.29) is 30.3 Å². The maximum absolute atomic E-state index is 14.4. The molecule has 1 saturated heterocycles. The molecule has 7 nitrogen and oxygen atoms in total. The lowest BCUT2D eigenvalue weighted by molar-refractivity contribution is -0.168. The number of nitrogens with zero attached hydrogens (tertiary/aromatic N) is 2. The lowest BCUT2D eigenvalue weighted by atomic mass is 9.83. The zero-order valence-electron chi connectivity index (χ0n) is 24.2. The van der Waals surface area contributed by atoms with Gasteiger partial charge in [-0.3, -0.25) is 9.59 Å². The summed E-state index contributed by atoms with van der Waals surface area (Å²) in [5.41, 5.74) is -0.679. The van der Waals surface area contributed by atoms with Gasteiger partial charge < -0.3 is 14.4 Å². The van der Waals surface area contributed by atoms with Gasteiger partial charge in [-0.05, 0) is 69.6 Å². The number of amides is 1. The third-order valence-electron chi connectivity index (χ3n) is 6.71. The molecule has 2 heterocycles. The summed E-state index contributed by atoms with van der Waals surface area (Å²) in [5.74, 6) is -2.00. The first-order chi connectivity index (χ1) is 17.6. The van der Waals surface area contributed by atoms with Gasteiger partial charge in [-0.1, -0.05) is 46.8 Å². The third-order valence-corrected chi connectivity index (χ3v) is 7.56. The van der Waals surface area contributed by atoms with E-state index in [4.69, 9.17) is 9.47 Å². The second-order valence-corrected chi connectivity index (χ2v) is 13.4. The van der Waals surface area contributed by atoms with Crippen LogP contribution in [-0.2, 0) is 24.5 Å². The number of hydrogen-bond acceptors (Lipinski definition) is 7. The lowest BCUT2D eigenvalue weighted by Gasteiger charge is -2.41. The highest BCUT2D eigenvalue weighted by molar-refractivity contribution is 7.09. The van der Waals surface area contributed by atoms with Gasteiger partial charge in [-0.2, -0.15) is 0 Å². The number of ether oxygens (including phenoxy) is 2. The fraction of sp³-hybridized carbons (Fsp3) is 0.600. The Morgan fingerprint density at radius 3 is 2.21 bits per heavy atom. The molecule has 0 radical (unpaired) electrons. The van der Waals surface area contributed by atoms with Crippen molar-refractivity contribution in [2.24, 2.45) is 11.8 Å². The van der Waals surface area contributed by atoms with Crippen molar-refractivity contribution in [2.75, 3.05) is 6.61 Å². The molecule has 208 valence electrons. The number of likely N-dealkylation sites (tertiary alicyclic amines) is 1. The molecular formula is C30H42N2O5S. The first-order valence-corrected chi connectivity index (χ1v) is 14.2. The van der Waals surface area contributed by atoms with Crippen LogP contribution in [0.15, 0.2) is 35.8 Å². The van der Waals surface area contributed by atoms with E-state index in [0.717, 1.165) is 5.56 Å². The van der Waals surface area contributed by atoms with E-state index in [0.29, 0.717) is 17.0 Å². The smallest absolute Gasteiger partial charge is 0.332 e. The number of carbonyl (C=O) groups is 3. The molecule has 8 heteroatoms. The Bertz CT molecular complexity index is 1130. The van der Waals surface area contributed by atoms with E-state index >= 15 is 0 Å². The van der Waals surface area contributed by atoms with Crippen LogP contribution in [0.4, 0.5) is 0 Å². The second kappa shape index (κ2) is 11.2. The van der Waals surface area contributed by atoms with Crippen LogP contribution < -0.4 is 0 Å². The number of benzene rings is 1. The number of esters is 2. The molecule has 1 amide bonds. The van der Waals surface area contributed by atoms with Gasteiger partial charge in [0, 0.05) is 17.1 Å². The lowest BCUT2D eigenvalue weighted by Crippen LogP contribution is -2.56. The molecule has 0 spiro atoms. The normalized spacial score (nSPS) is 22.0. The van der Waals surface area contributed by atoms with Crippen molar-refractivity contribution in [3.63, 3.8) is 0 Å². The largest absolute Gasteiger partial charge is 0.466 e. The number of carbonyl (C=O) groups excluding carboxylic acids is 3. The minimum absolute atomic E-state index is 0.0407. The summed E-state index contributed by atoms with van der Waals surface area (Å²) in [4.78, 5) is 48.0. The number of hydrogen-bond donors (Lipinski definition) is 0. The van der Waals surface area contributed by atoms with Gasteiger partial charge in [-0.15, -0.1) is 11.3 Å². The predicted molar refractivity (Wildman–Crippen MR) is 149 cm³/mol. The van der Waals surface area contributed by atoms with E-state index in [2.05, 4.69) is 25.8 Å². The van der Waals surface area contributed by atoms with Gasteiger partial charge in [0.25, 0.3) is 5.91 Å². The van der Waals surface area contributed by atoms with Gasteiger partial charge in [0.15, 0.2) is 0 Å². The number of rotatable bonds is 7. The maximum Gasteiger partial charge on any atom is 0.332 e. The first kappa shape index (κ1) is 29.8. The summed E-state index contributed by atoms with van der Waals surface area (Å²) in [5, 5.41) is 2.41. The Labute approximate surface area is 230 Å². The van der Waals surface area contributed by atoms with Crippen molar-refractivity contribution < 1.29 is 23.9 Å². The van der Waals surface area contributed by atoms with Crippen LogP contribution in [0.1, 0.15) is 102 Å². The Hall–Kier alpha value is -2.74. The van der Waals surface area contributed by atoms with E-state index in [1.165, 1.54) is 11.3 Å². The van der Waals surface area contributed by atoms with Crippen molar-refractivity contribution in [1.29, 1.82) is 0 Å². The van der Waals surface area contributed by atoms with Crippen LogP contribution in [0.5, 0.6) is 0 Å².